The number of amides is 2. The molecule has 0 radical (unpaired) electrons. The first-order chi connectivity index (χ1) is 19.6. The van der Waals surface area contributed by atoms with Gasteiger partial charge in [0.15, 0.2) is 0 Å². The third kappa shape index (κ3) is 8.21. The number of alkyl halides is 3. The van der Waals surface area contributed by atoms with Crippen molar-refractivity contribution >= 4 is 46.4 Å². The predicted molar refractivity (Wildman–Crippen MR) is 153 cm³/mol. The topological polar surface area (TPSA) is 95.5 Å². The second-order valence-corrected chi connectivity index (χ2v) is 10.1. The van der Waals surface area contributed by atoms with E-state index in [1.54, 1.807) is 12.1 Å². The number of carboxylic acids is 1. The standard InChI is InChI=1S/C31H25F3N2O4S/c32-31(33,34)25-14-12-23(13-15-25)28(37)35-26(17-21-10-11-22-8-4-5-9-24(22)16-21)29(38)36-27(30(39)40)19-41-18-20-6-2-1-3-7-20/h1-17,27H,18-19H2,(H,35,37)(H,36,38)(H,39,40)/b26-17+/t27-/m0/s1. The van der Waals surface area contributed by atoms with Gasteiger partial charge in [-0.2, -0.15) is 24.9 Å². The fourth-order valence-corrected chi connectivity index (χ4v) is 4.91. The van der Waals surface area contributed by atoms with Gasteiger partial charge in [-0.3, -0.25) is 9.59 Å². The zero-order chi connectivity index (χ0) is 29.4. The number of benzene rings is 4. The Morgan fingerprint density at radius 2 is 1.51 bits per heavy atom. The number of hydrogen-bond donors (Lipinski definition) is 3. The van der Waals surface area contributed by atoms with Crippen LogP contribution in [0.5, 0.6) is 0 Å². The Bertz CT molecular complexity index is 1570. The Labute approximate surface area is 238 Å². The molecule has 0 fully saturated rings. The minimum atomic E-state index is -4.57. The normalized spacial score (nSPS) is 12.5. The summed E-state index contributed by atoms with van der Waals surface area (Å²) < 4.78 is 38.8. The molecule has 0 bridgehead atoms. The molecule has 0 saturated heterocycles. The summed E-state index contributed by atoms with van der Waals surface area (Å²) in [4.78, 5) is 38.2. The van der Waals surface area contributed by atoms with Crippen molar-refractivity contribution < 1.29 is 32.7 Å². The van der Waals surface area contributed by atoms with Gasteiger partial charge in [0.1, 0.15) is 11.7 Å². The van der Waals surface area contributed by atoms with Crippen molar-refractivity contribution in [3.8, 4) is 0 Å². The molecule has 1 atom stereocenters. The summed E-state index contributed by atoms with van der Waals surface area (Å²) in [5, 5.41) is 16.5. The van der Waals surface area contributed by atoms with Crippen LogP contribution in [0.25, 0.3) is 16.8 Å². The third-order valence-electron chi connectivity index (χ3n) is 6.05. The Hall–Kier alpha value is -4.57. The van der Waals surface area contributed by atoms with Crippen LogP contribution in [0.15, 0.2) is 103 Å². The van der Waals surface area contributed by atoms with Gasteiger partial charge < -0.3 is 15.7 Å². The summed E-state index contributed by atoms with van der Waals surface area (Å²) in [7, 11) is 0. The van der Waals surface area contributed by atoms with Crippen LogP contribution in [-0.4, -0.2) is 34.7 Å². The molecule has 210 valence electrons. The molecule has 4 rings (SSSR count). The molecule has 0 unspecified atom stereocenters. The largest absolute Gasteiger partial charge is 0.480 e. The van der Waals surface area contributed by atoms with E-state index in [1.165, 1.54) is 17.8 Å². The number of carboxylic acid groups (broad SMARTS) is 1. The van der Waals surface area contributed by atoms with Gasteiger partial charge in [0.05, 0.1) is 5.56 Å². The van der Waals surface area contributed by atoms with Gasteiger partial charge >= 0.3 is 12.1 Å². The summed E-state index contributed by atoms with van der Waals surface area (Å²) in [5.41, 5.74) is 0.254. The molecule has 0 aliphatic rings. The number of carbonyl (C=O) groups is 3. The second-order valence-electron chi connectivity index (χ2n) is 9.06. The molecule has 3 N–H and O–H groups in total. The van der Waals surface area contributed by atoms with Crippen LogP contribution in [0.4, 0.5) is 13.2 Å². The van der Waals surface area contributed by atoms with E-state index in [2.05, 4.69) is 10.6 Å². The van der Waals surface area contributed by atoms with Crippen molar-refractivity contribution in [1.29, 1.82) is 0 Å². The smallest absolute Gasteiger partial charge is 0.416 e. The average molecular weight is 579 g/mol. The minimum absolute atomic E-state index is 0.0616. The number of hydrogen-bond acceptors (Lipinski definition) is 4. The van der Waals surface area contributed by atoms with Crippen molar-refractivity contribution in [2.45, 2.75) is 18.0 Å². The van der Waals surface area contributed by atoms with E-state index in [0.29, 0.717) is 11.3 Å². The molecule has 0 aliphatic carbocycles. The molecule has 0 aromatic heterocycles. The van der Waals surface area contributed by atoms with Gasteiger partial charge in [0.2, 0.25) is 0 Å². The number of carbonyl (C=O) groups excluding carboxylic acids is 2. The van der Waals surface area contributed by atoms with Crippen LogP contribution in [0.3, 0.4) is 0 Å². The molecule has 0 saturated carbocycles. The van der Waals surface area contributed by atoms with E-state index >= 15 is 0 Å². The lowest BCUT2D eigenvalue weighted by atomic mass is 10.1. The Morgan fingerprint density at radius 3 is 2.17 bits per heavy atom. The molecule has 6 nitrogen and oxygen atoms in total. The number of fused-ring (bicyclic) bond motifs is 1. The third-order valence-corrected chi connectivity index (χ3v) is 7.16. The van der Waals surface area contributed by atoms with Gasteiger partial charge in [-0.25, -0.2) is 4.79 Å². The molecule has 0 heterocycles. The fourth-order valence-electron chi connectivity index (χ4n) is 3.91. The maximum absolute atomic E-state index is 13.3. The summed E-state index contributed by atoms with van der Waals surface area (Å²) >= 11 is 1.32. The molecule has 4 aromatic rings. The van der Waals surface area contributed by atoms with E-state index in [0.717, 1.165) is 40.6 Å². The highest BCUT2D eigenvalue weighted by molar-refractivity contribution is 7.98. The molecule has 2 amide bonds. The predicted octanol–water partition coefficient (Wildman–Crippen LogP) is 6.13. The Balaban J connectivity index is 1.56. The van der Waals surface area contributed by atoms with E-state index in [-0.39, 0.29) is 17.0 Å². The highest BCUT2D eigenvalue weighted by atomic mass is 32.2. The monoisotopic (exact) mass is 578 g/mol. The SMILES string of the molecule is O=C(N[C@@H](CSCc1ccccc1)C(=O)O)/C(=C\c1ccc2ccccc2c1)NC(=O)c1ccc(C(F)(F)F)cc1. The summed E-state index contributed by atoms with van der Waals surface area (Å²) in [5.74, 6) is -2.34. The first-order valence-electron chi connectivity index (χ1n) is 12.4. The van der Waals surface area contributed by atoms with Gasteiger partial charge in [-0.15, -0.1) is 0 Å². The van der Waals surface area contributed by atoms with E-state index in [4.69, 9.17) is 0 Å². The van der Waals surface area contributed by atoms with Gasteiger partial charge in [0, 0.05) is 17.1 Å². The molecule has 10 heteroatoms. The Kier molecular flexibility index (Phi) is 9.46. The maximum atomic E-state index is 13.3. The molecule has 41 heavy (non-hydrogen) atoms. The van der Waals surface area contributed by atoms with Gasteiger partial charge in [0.25, 0.3) is 11.8 Å². The van der Waals surface area contributed by atoms with Crippen LogP contribution >= 0.6 is 11.8 Å². The van der Waals surface area contributed by atoms with Crippen molar-refractivity contribution in [1.82, 2.24) is 10.6 Å². The Morgan fingerprint density at radius 1 is 0.854 bits per heavy atom. The number of aliphatic carboxylic acids is 1. The summed E-state index contributed by atoms with van der Waals surface area (Å²) in [6, 6.07) is 24.6. The number of rotatable bonds is 10. The molecule has 0 spiro atoms. The second kappa shape index (κ2) is 13.2. The fraction of sp³-hybridized carbons (Fsp3) is 0.129. The van der Waals surface area contributed by atoms with Crippen LogP contribution in [0, 0.1) is 0 Å². The zero-order valence-corrected chi connectivity index (χ0v) is 22.3. The highest BCUT2D eigenvalue weighted by Crippen LogP contribution is 2.29. The zero-order valence-electron chi connectivity index (χ0n) is 21.5. The first-order valence-corrected chi connectivity index (χ1v) is 13.6. The molecule has 4 aromatic carbocycles. The summed E-state index contributed by atoms with van der Waals surface area (Å²) in [6.07, 6.45) is -3.18. The molecular weight excluding hydrogens is 553 g/mol. The van der Waals surface area contributed by atoms with Crippen molar-refractivity contribution in [2.24, 2.45) is 0 Å². The number of halogens is 3. The quantitative estimate of drug-likeness (QED) is 0.197. The molecular formula is C31H25F3N2O4S. The van der Waals surface area contributed by atoms with E-state index in [9.17, 15) is 32.7 Å². The first kappa shape index (κ1) is 29.4. The number of nitrogens with one attached hydrogen (secondary N) is 2. The lowest BCUT2D eigenvalue weighted by Crippen LogP contribution is -2.45. The van der Waals surface area contributed by atoms with E-state index in [1.807, 2.05) is 60.7 Å². The lowest BCUT2D eigenvalue weighted by Gasteiger charge is -2.17. The van der Waals surface area contributed by atoms with Crippen molar-refractivity contribution in [3.63, 3.8) is 0 Å². The van der Waals surface area contributed by atoms with Crippen molar-refractivity contribution in [2.75, 3.05) is 5.75 Å². The van der Waals surface area contributed by atoms with E-state index < -0.39 is 35.6 Å². The van der Waals surface area contributed by atoms with Crippen LogP contribution in [0.1, 0.15) is 27.0 Å². The highest BCUT2D eigenvalue weighted by Gasteiger charge is 2.30. The van der Waals surface area contributed by atoms with Gasteiger partial charge in [-0.1, -0.05) is 66.7 Å². The average Bonchev–Trinajstić information content (AvgIpc) is 2.96. The minimum Gasteiger partial charge on any atom is -0.480 e. The summed E-state index contributed by atoms with van der Waals surface area (Å²) in [6.45, 7) is 0. The van der Waals surface area contributed by atoms with Crippen LogP contribution in [0.2, 0.25) is 0 Å². The lowest BCUT2D eigenvalue weighted by molar-refractivity contribution is -0.140. The molecule has 0 aliphatic heterocycles. The van der Waals surface area contributed by atoms with Crippen LogP contribution in [-0.2, 0) is 21.5 Å². The maximum Gasteiger partial charge on any atom is 0.416 e. The van der Waals surface area contributed by atoms with Gasteiger partial charge in [-0.05, 0) is 58.3 Å². The number of thioether (sulfide) groups is 1. The van der Waals surface area contributed by atoms with Crippen molar-refractivity contribution in [3.05, 3.63) is 125 Å². The van der Waals surface area contributed by atoms with Crippen LogP contribution < -0.4 is 10.6 Å².